The van der Waals surface area contributed by atoms with Crippen LogP contribution in [0.2, 0.25) is 25.7 Å². The van der Waals surface area contributed by atoms with Gasteiger partial charge in [0.1, 0.15) is 0 Å². The van der Waals surface area contributed by atoms with Crippen molar-refractivity contribution in [3.8, 4) is 0 Å². The summed E-state index contributed by atoms with van der Waals surface area (Å²) in [7, 11) is -0.855. The van der Waals surface area contributed by atoms with E-state index in [1.807, 2.05) is 0 Å². The zero-order valence-corrected chi connectivity index (χ0v) is 13.3. The van der Waals surface area contributed by atoms with Crippen molar-refractivity contribution in [1.82, 2.24) is 0 Å². The van der Waals surface area contributed by atoms with Crippen molar-refractivity contribution < 1.29 is 49.5 Å². The molecule has 0 saturated heterocycles. The van der Waals surface area contributed by atoms with E-state index in [0.717, 1.165) is 0 Å². The smallest absolute Gasteiger partial charge is 1.00 e. The van der Waals surface area contributed by atoms with E-state index in [0.29, 0.717) is 0 Å². The first-order valence-corrected chi connectivity index (χ1v) is 9.02. The fourth-order valence-corrected chi connectivity index (χ4v) is 3.50. The Morgan fingerprint density at radius 3 is 2.15 bits per heavy atom. The number of allylic oxidation sites excluding steroid dienone is 4. The second kappa shape index (κ2) is 6.61. The average molecular weight is 313 g/mol. The van der Waals surface area contributed by atoms with E-state index in [-0.39, 0.29) is 24.8 Å². The second-order valence-corrected chi connectivity index (χ2v) is 11.4. The van der Waals surface area contributed by atoms with Crippen molar-refractivity contribution in [2.75, 3.05) is 0 Å². The van der Waals surface area contributed by atoms with Crippen molar-refractivity contribution in [1.29, 1.82) is 0 Å². The topological polar surface area (TPSA) is 0 Å². The summed E-state index contributed by atoms with van der Waals surface area (Å²) < 4.78 is 1.62. The van der Waals surface area contributed by atoms with Gasteiger partial charge in [0.2, 0.25) is 0 Å². The summed E-state index contributed by atoms with van der Waals surface area (Å²) in [6.45, 7) is 7.30. The number of hydrogen-bond donors (Lipinski definition) is 0. The minimum atomic E-state index is -0.855. The van der Waals surface area contributed by atoms with Gasteiger partial charge in [-0.3, -0.25) is 0 Å². The Kier molecular flexibility index (Phi) is 8.43. The Morgan fingerprint density at radius 1 is 1.31 bits per heavy atom. The van der Waals surface area contributed by atoms with Crippen LogP contribution in [0.25, 0.3) is 0 Å². The standard InChI is InChI=1S/C9H15Si.2ClH.Zr/c1-10(2,3)8-9-6-4-5-7-9;;;/h6-7H,4,8H2,1-3H3;2*1H;/q;;;+2/p-2. The van der Waals surface area contributed by atoms with Crippen LogP contribution in [0.15, 0.2) is 21.0 Å². The van der Waals surface area contributed by atoms with E-state index >= 15 is 0 Å². The summed E-state index contributed by atoms with van der Waals surface area (Å²) >= 11 is 1.59. The SMILES string of the molecule is C[Si](C)(C)CC1=CC[C]([Zr+2])=C1.[Cl-].[Cl-]. The third-order valence-electron chi connectivity index (χ3n) is 1.68. The molecule has 73 valence electrons. The van der Waals surface area contributed by atoms with Gasteiger partial charge in [-0.05, 0) is 0 Å². The molecule has 0 aromatic heterocycles. The monoisotopic (exact) mass is 311 g/mol. The van der Waals surface area contributed by atoms with Crippen LogP contribution in [0.1, 0.15) is 6.42 Å². The molecule has 0 saturated carbocycles. The van der Waals surface area contributed by atoms with E-state index in [9.17, 15) is 0 Å². The van der Waals surface area contributed by atoms with Crippen LogP contribution in [0.5, 0.6) is 0 Å². The van der Waals surface area contributed by atoms with Crippen LogP contribution in [-0.4, -0.2) is 8.07 Å². The summed E-state index contributed by atoms with van der Waals surface area (Å²) in [4.78, 5) is 0. The molecule has 4 heteroatoms. The molecule has 1 aliphatic rings. The molecule has 13 heavy (non-hydrogen) atoms. The van der Waals surface area contributed by atoms with E-state index in [1.54, 1.807) is 33.6 Å². The molecular weight excluding hydrogens is 298 g/mol. The van der Waals surface area contributed by atoms with E-state index in [1.165, 1.54) is 12.5 Å². The molecule has 0 fully saturated rings. The maximum absolute atomic E-state index is 2.43. The molecule has 0 atom stereocenters. The van der Waals surface area contributed by atoms with Gasteiger partial charge in [-0.25, -0.2) is 0 Å². The van der Waals surface area contributed by atoms with Gasteiger partial charge >= 0.3 is 85.9 Å². The fraction of sp³-hybridized carbons (Fsp3) is 0.556. The van der Waals surface area contributed by atoms with Crippen molar-refractivity contribution in [3.63, 3.8) is 0 Å². The molecule has 0 heterocycles. The molecule has 0 spiro atoms. The zero-order chi connectivity index (χ0) is 8.48. The Morgan fingerprint density at radius 2 is 1.85 bits per heavy atom. The Bertz CT molecular complexity index is 216. The van der Waals surface area contributed by atoms with Crippen molar-refractivity contribution >= 4 is 8.07 Å². The van der Waals surface area contributed by atoms with Gasteiger partial charge in [-0.2, -0.15) is 0 Å². The molecule has 0 radical (unpaired) electrons. The van der Waals surface area contributed by atoms with E-state index in [4.69, 9.17) is 0 Å². The predicted molar refractivity (Wildman–Crippen MR) is 48.9 cm³/mol. The first kappa shape index (κ1) is 16.6. The molecule has 0 N–H and O–H groups in total. The van der Waals surface area contributed by atoms with Gasteiger partial charge < -0.3 is 24.8 Å². The summed E-state index contributed by atoms with van der Waals surface area (Å²) in [6, 6.07) is 1.37. The maximum atomic E-state index is 2.43. The first-order chi connectivity index (χ1) is 4.97. The van der Waals surface area contributed by atoms with Crippen LogP contribution in [0, 0.1) is 0 Å². The molecule has 0 aliphatic heterocycles. The van der Waals surface area contributed by atoms with Gasteiger partial charge in [0, 0.05) is 0 Å². The van der Waals surface area contributed by atoms with Crippen molar-refractivity contribution in [3.05, 3.63) is 21.0 Å². The summed E-state index contributed by atoms with van der Waals surface area (Å²) in [5, 5.41) is 0. The third kappa shape index (κ3) is 7.13. The molecule has 0 aromatic rings. The molecule has 0 amide bonds. The Labute approximate surface area is 110 Å². The van der Waals surface area contributed by atoms with Gasteiger partial charge in [-0.1, -0.05) is 0 Å². The maximum Gasteiger partial charge on any atom is -1.00 e. The minimum absolute atomic E-state index is 0. The molecule has 0 aromatic carbocycles. The first-order valence-electron chi connectivity index (χ1n) is 4.08. The Balaban J connectivity index is 0. The minimum Gasteiger partial charge on any atom is -1.00 e. The summed E-state index contributed by atoms with van der Waals surface area (Å²) in [5.41, 5.74) is 1.61. The largest absolute Gasteiger partial charge is 1.00 e. The van der Waals surface area contributed by atoms with Crippen LogP contribution in [0.3, 0.4) is 0 Å². The molecule has 1 rings (SSSR count). The zero-order valence-electron chi connectivity index (χ0n) is 8.32. The van der Waals surface area contributed by atoms with Gasteiger partial charge in [-0.15, -0.1) is 0 Å². The molecule has 1 aliphatic carbocycles. The molecule has 0 unspecified atom stereocenters. The van der Waals surface area contributed by atoms with E-state index in [2.05, 4.69) is 31.8 Å². The quantitative estimate of drug-likeness (QED) is 0.480. The number of hydrogen-bond acceptors (Lipinski definition) is 0. The van der Waals surface area contributed by atoms with Crippen molar-refractivity contribution in [2.24, 2.45) is 0 Å². The third-order valence-corrected chi connectivity index (χ3v) is 4.00. The number of halogens is 2. The normalized spacial score (nSPS) is 15.5. The van der Waals surface area contributed by atoms with Gasteiger partial charge in [0.15, 0.2) is 0 Å². The predicted octanol–water partition coefficient (Wildman–Crippen LogP) is -2.91. The second-order valence-electron chi connectivity index (χ2n) is 4.39. The van der Waals surface area contributed by atoms with Gasteiger partial charge in [0.25, 0.3) is 0 Å². The molecular formula is C9H15Cl2SiZr. The fourth-order valence-electron chi connectivity index (χ4n) is 1.32. The molecule has 0 bridgehead atoms. The van der Waals surface area contributed by atoms with Crippen molar-refractivity contribution in [2.45, 2.75) is 32.1 Å². The van der Waals surface area contributed by atoms with Crippen LogP contribution >= 0.6 is 0 Å². The summed E-state index contributed by atoms with van der Waals surface area (Å²) in [5.74, 6) is 0. The Hall–Kier alpha value is 1.16. The van der Waals surface area contributed by atoms with E-state index < -0.39 is 8.07 Å². The number of rotatable bonds is 2. The average Bonchev–Trinajstić information content (AvgIpc) is 2.10. The van der Waals surface area contributed by atoms with Gasteiger partial charge in [0.05, 0.1) is 0 Å². The van der Waals surface area contributed by atoms with Crippen LogP contribution in [0.4, 0.5) is 0 Å². The van der Waals surface area contributed by atoms with Crippen LogP contribution in [-0.2, 0) is 24.7 Å². The van der Waals surface area contributed by atoms with Crippen LogP contribution < -0.4 is 24.8 Å². The molecule has 0 nitrogen and oxygen atoms in total. The summed E-state index contributed by atoms with van der Waals surface area (Å²) in [6.07, 6.45) is 6.04.